The van der Waals surface area contributed by atoms with Crippen molar-refractivity contribution >= 4 is 11.6 Å². The van der Waals surface area contributed by atoms with Crippen molar-refractivity contribution in [2.45, 2.75) is 6.92 Å². The molecule has 0 aliphatic rings. The minimum Gasteiger partial charge on any atom is -0.288 e. The number of hydroxylamine groups is 2. The molecule has 5 heteroatoms. The van der Waals surface area contributed by atoms with Gasteiger partial charge < -0.3 is 0 Å². The maximum Gasteiger partial charge on any atom is 0.272 e. The van der Waals surface area contributed by atoms with Gasteiger partial charge in [-0.3, -0.25) is 19.6 Å². The Labute approximate surface area is 107 Å². The lowest BCUT2D eigenvalue weighted by Crippen LogP contribution is -2.26. The highest BCUT2D eigenvalue weighted by Gasteiger charge is 2.11. The Kier molecular flexibility index (Phi) is 5.20. The smallest absolute Gasteiger partial charge is 0.272 e. The molecule has 5 nitrogen and oxygen atoms in total. The molecule has 0 aromatic carbocycles. The number of likely N-dealkylation sites (N-methyl/N-ethyl adjacent to an activating group) is 1. The fraction of sp³-hybridized carbons (Fsp3) is 0.308. The fourth-order valence-electron chi connectivity index (χ4n) is 1.39. The van der Waals surface area contributed by atoms with Crippen LogP contribution in [0.25, 0.3) is 0 Å². The van der Waals surface area contributed by atoms with Crippen LogP contribution in [0.3, 0.4) is 0 Å². The number of aromatic nitrogens is 1. The molecule has 96 valence electrons. The van der Waals surface area contributed by atoms with E-state index in [2.05, 4.69) is 9.98 Å². The third-order valence-corrected chi connectivity index (χ3v) is 2.45. The molecular weight excluding hydrogens is 230 g/mol. The lowest BCUT2D eigenvalue weighted by atomic mass is 10.1. The summed E-state index contributed by atoms with van der Waals surface area (Å²) >= 11 is 0. The standard InChI is InChI=1S/C13H17N3O2/c1-10(13(17)16(3)18-4)8-12(14-2)11-6-5-7-15-9-11/h5-9H,1-4H3/b10-8+,14-12?. The van der Waals surface area contributed by atoms with Crippen LogP contribution in [-0.2, 0) is 9.63 Å². The summed E-state index contributed by atoms with van der Waals surface area (Å²) in [5, 5.41) is 1.17. The normalized spacial score (nSPS) is 12.4. The Hall–Kier alpha value is -2.01. The lowest BCUT2D eigenvalue weighted by molar-refractivity contribution is -0.163. The van der Waals surface area contributed by atoms with Gasteiger partial charge in [-0.15, -0.1) is 0 Å². The molecule has 0 atom stereocenters. The molecule has 0 unspecified atom stereocenters. The third-order valence-electron chi connectivity index (χ3n) is 2.45. The molecule has 0 aliphatic carbocycles. The van der Waals surface area contributed by atoms with Crippen molar-refractivity contribution in [1.82, 2.24) is 10.0 Å². The Balaban J connectivity index is 2.97. The Morgan fingerprint density at radius 2 is 2.28 bits per heavy atom. The number of pyridine rings is 1. The predicted molar refractivity (Wildman–Crippen MR) is 70.2 cm³/mol. The highest BCUT2D eigenvalue weighted by Crippen LogP contribution is 2.06. The Bertz CT molecular complexity index is 466. The molecular formula is C13H17N3O2. The van der Waals surface area contributed by atoms with Crippen LogP contribution in [0.15, 0.2) is 41.2 Å². The van der Waals surface area contributed by atoms with Gasteiger partial charge in [0, 0.05) is 37.6 Å². The first-order chi connectivity index (χ1) is 8.60. The molecule has 0 radical (unpaired) electrons. The van der Waals surface area contributed by atoms with E-state index in [-0.39, 0.29) is 5.91 Å². The number of aliphatic imine (C=N–C) groups is 1. The first-order valence-electron chi connectivity index (χ1n) is 5.47. The number of hydrogen-bond donors (Lipinski definition) is 0. The van der Waals surface area contributed by atoms with Gasteiger partial charge in [-0.1, -0.05) is 0 Å². The quantitative estimate of drug-likeness (QED) is 0.460. The number of rotatable bonds is 4. The van der Waals surface area contributed by atoms with Gasteiger partial charge in [0.1, 0.15) is 0 Å². The number of amides is 1. The fourth-order valence-corrected chi connectivity index (χ4v) is 1.39. The van der Waals surface area contributed by atoms with Crippen LogP contribution in [0, 0.1) is 0 Å². The van der Waals surface area contributed by atoms with E-state index in [1.165, 1.54) is 12.2 Å². The van der Waals surface area contributed by atoms with E-state index in [9.17, 15) is 4.79 Å². The van der Waals surface area contributed by atoms with Gasteiger partial charge in [-0.2, -0.15) is 0 Å². The van der Waals surface area contributed by atoms with E-state index in [1.807, 2.05) is 12.1 Å². The molecule has 1 rings (SSSR count). The van der Waals surface area contributed by atoms with Gasteiger partial charge in [0.2, 0.25) is 0 Å². The minimum atomic E-state index is -0.206. The summed E-state index contributed by atoms with van der Waals surface area (Å²) in [7, 11) is 4.68. The molecule has 1 heterocycles. The zero-order chi connectivity index (χ0) is 13.5. The second-order valence-electron chi connectivity index (χ2n) is 3.66. The van der Waals surface area contributed by atoms with Crippen LogP contribution in [0.1, 0.15) is 12.5 Å². The Morgan fingerprint density at radius 3 is 2.78 bits per heavy atom. The van der Waals surface area contributed by atoms with Crippen LogP contribution in [0.5, 0.6) is 0 Å². The van der Waals surface area contributed by atoms with E-state index >= 15 is 0 Å². The molecule has 1 amide bonds. The van der Waals surface area contributed by atoms with Crippen molar-refractivity contribution < 1.29 is 9.63 Å². The Morgan fingerprint density at radius 1 is 1.56 bits per heavy atom. The second-order valence-corrected chi connectivity index (χ2v) is 3.66. The van der Waals surface area contributed by atoms with E-state index in [0.717, 1.165) is 5.56 Å². The summed E-state index contributed by atoms with van der Waals surface area (Å²) in [6.45, 7) is 1.72. The van der Waals surface area contributed by atoms with Gasteiger partial charge in [0.05, 0.1) is 12.8 Å². The van der Waals surface area contributed by atoms with Crippen molar-refractivity contribution in [2.24, 2.45) is 4.99 Å². The zero-order valence-corrected chi connectivity index (χ0v) is 11.0. The van der Waals surface area contributed by atoms with Crippen molar-refractivity contribution in [3.8, 4) is 0 Å². The van der Waals surface area contributed by atoms with Gasteiger partial charge in [-0.05, 0) is 25.1 Å². The minimum absolute atomic E-state index is 0.206. The predicted octanol–water partition coefficient (Wildman–Crippen LogP) is 1.47. The first kappa shape index (κ1) is 14.1. The molecule has 0 aliphatic heterocycles. The van der Waals surface area contributed by atoms with Crippen LogP contribution in [0.4, 0.5) is 0 Å². The average molecular weight is 247 g/mol. The van der Waals surface area contributed by atoms with E-state index < -0.39 is 0 Å². The third kappa shape index (κ3) is 3.49. The highest BCUT2D eigenvalue weighted by molar-refractivity contribution is 6.12. The maximum absolute atomic E-state index is 11.8. The SMILES string of the molecule is CN=C(/C=C(\C)C(=O)N(C)OC)c1cccnc1. The van der Waals surface area contributed by atoms with Gasteiger partial charge in [-0.25, -0.2) is 5.06 Å². The van der Waals surface area contributed by atoms with Crippen molar-refractivity contribution in [3.63, 3.8) is 0 Å². The van der Waals surface area contributed by atoms with Crippen LogP contribution >= 0.6 is 0 Å². The van der Waals surface area contributed by atoms with E-state index in [4.69, 9.17) is 4.84 Å². The van der Waals surface area contributed by atoms with Crippen molar-refractivity contribution in [3.05, 3.63) is 41.7 Å². The molecule has 0 bridgehead atoms. The summed E-state index contributed by atoms with van der Waals surface area (Å²) in [6.07, 6.45) is 5.11. The van der Waals surface area contributed by atoms with Crippen LogP contribution < -0.4 is 0 Å². The maximum atomic E-state index is 11.8. The van der Waals surface area contributed by atoms with Crippen LogP contribution in [0.2, 0.25) is 0 Å². The highest BCUT2D eigenvalue weighted by atomic mass is 16.7. The van der Waals surface area contributed by atoms with Gasteiger partial charge in [0.15, 0.2) is 0 Å². The summed E-state index contributed by atoms with van der Waals surface area (Å²) in [6, 6.07) is 3.72. The van der Waals surface area contributed by atoms with Gasteiger partial charge >= 0.3 is 0 Å². The first-order valence-corrected chi connectivity index (χ1v) is 5.47. The molecule has 0 N–H and O–H groups in total. The van der Waals surface area contributed by atoms with Crippen molar-refractivity contribution in [1.29, 1.82) is 0 Å². The number of hydrogen-bond acceptors (Lipinski definition) is 4. The number of carbonyl (C=O) groups excluding carboxylic acids is 1. The number of carbonyl (C=O) groups is 1. The largest absolute Gasteiger partial charge is 0.288 e. The number of allylic oxidation sites excluding steroid dienone is 1. The molecule has 1 aromatic heterocycles. The summed E-state index contributed by atoms with van der Waals surface area (Å²) < 4.78 is 0. The molecule has 18 heavy (non-hydrogen) atoms. The van der Waals surface area contributed by atoms with Gasteiger partial charge in [0.25, 0.3) is 5.91 Å². The monoisotopic (exact) mass is 247 g/mol. The van der Waals surface area contributed by atoms with Crippen molar-refractivity contribution in [2.75, 3.05) is 21.2 Å². The number of nitrogens with zero attached hydrogens (tertiary/aromatic N) is 3. The van der Waals surface area contributed by atoms with Crippen LogP contribution in [-0.4, -0.2) is 42.9 Å². The average Bonchev–Trinajstić information content (AvgIpc) is 2.43. The summed E-state index contributed by atoms with van der Waals surface area (Å²) in [5.74, 6) is -0.206. The molecule has 0 saturated carbocycles. The second kappa shape index (κ2) is 6.66. The van der Waals surface area contributed by atoms with E-state index in [0.29, 0.717) is 11.3 Å². The summed E-state index contributed by atoms with van der Waals surface area (Å²) in [5.41, 5.74) is 2.12. The van der Waals surface area contributed by atoms with E-state index in [1.54, 1.807) is 39.5 Å². The summed E-state index contributed by atoms with van der Waals surface area (Å²) in [4.78, 5) is 24.8. The molecule has 0 fully saturated rings. The topological polar surface area (TPSA) is 54.8 Å². The molecule has 1 aromatic rings. The molecule has 0 spiro atoms. The zero-order valence-electron chi connectivity index (χ0n) is 11.0. The molecule has 0 saturated heterocycles. The lowest BCUT2D eigenvalue weighted by Gasteiger charge is -2.13.